The van der Waals surface area contributed by atoms with Crippen LogP contribution in [0.15, 0.2) is 85.1 Å². The molecule has 0 spiro atoms. The lowest BCUT2D eigenvalue weighted by molar-refractivity contribution is -0.128. The lowest BCUT2D eigenvalue weighted by Gasteiger charge is -2.33. The summed E-state index contributed by atoms with van der Waals surface area (Å²) in [6, 6.07) is 22.8. The Labute approximate surface area is 201 Å². The van der Waals surface area contributed by atoms with E-state index in [4.69, 9.17) is 9.84 Å². The fraction of sp³-hybridized carbons (Fsp3) is 0.148. The molecule has 1 atom stereocenters. The van der Waals surface area contributed by atoms with Crippen LogP contribution in [-0.2, 0) is 16.1 Å². The Kier molecular flexibility index (Phi) is 6.01. The molecule has 8 heteroatoms. The van der Waals surface area contributed by atoms with Gasteiger partial charge in [0.1, 0.15) is 11.6 Å². The molecular weight excluding hydrogens is 447 g/mol. The van der Waals surface area contributed by atoms with E-state index in [0.29, 0.717) is 17.1 Å². The molecule has 1 aliphatic heterocycles. The maximum atomic E-state index is 13.5. The summed E-state index contributed by atoms with van der Waals surface area (Å²) in [5, 5.41) is 7.61. The number of aromatic nitrogens is 2. The lowest BCUT2D eigenvalue weighted by atomic mass is 10.1. The zero-order chi connectivity index (χ0) is 24.4. The molecular formula is C27H23FN4O3. The van der Waals surface area contributed by atoms with E-state index in [1.165, 1.54) is 19.1 Å². The number of nitrogens with one attached hydrogen (secondary N) is 1. The Morgan fingerprint density at radius 1 is 1.03 bits per heavy atom. The molecule has 1 N–H and O–H groups in total. The van der Waals surface area contributed by atoms with Crippen LogP contribution in [0.5, 0.6) is 5.75 Å². The summed E-state index contributed by atoms with van der Waals surface area (Å²) in [4.78, 5) is 26.8. The Hall–Kier alpha value is -4.46. The van der Waals surface area contributed by atoms with E-state index in [9.17, 15) is 14.0 Å². The van der Waals surface area contributed by atoms with Gasteiger partial charge in [-0.05, 0) is 48.5 Å². The zero-order valence-electron chi connectivity index (χ0n) is 19.0. The van der Waals surface area contributed by atoms with Gasteiger partial charge < -0.3 is 15.0 Å². The topological polar surface area (TPSA) is 76.5 Å². The van der Waals surface area contributed by atoms with Crippen molar-refractivity contribution in [1.82, 2.24) is 15.1 Å². The predicted octanol–water partition coefficient (Wildman–Crippen LogP) is 4.11. The van der Waals surface area contributed by atoms with Crippen LogP contribution in [0.25, 0.3) is 16.9 Å². The molecule has 35 heavy (non-hydrogen) atoms. The molecule has 7 nitrogen and oxygen atoms in total. The first kappa shape index (κ1) is 22.3. The average molecular weight is 471 g/mol. The number of hydrogen-bond donors (Lipinski definition) is 1. The molecule has 1 aliphatic rings. The number of para-hydroxylation sites is 3. The van der Waals surface area contributed by atoms with E-state index in [1.807, 2.05) is 42.6 Å². The molecule has 0 radical (unpaired) electrons. The highest BCUT2D eigenvalue weighted by Crippen LogP contribution is 2.33. The van der Waals surface area contributed by atoms with Gasteiger partial charge in [-0.3, -0.25) is 9.59 Å². The lowest BCUT2D eigenvalue weighted by Crippen LogP contribution is -2.50. The van der Waals surface area contributed by atoms with Gasteiger partial charge in [0.05, 0.1) is 23.6 Å². The number of amides is 2. The Balaban J connectivity index is 1.39. The van der Waals surface area contributed by atoms with Crippen LogP contribution < -0.4 is 15.0 Å². The van der Waals surface area contributed by atoms with Gasteiger partial charge >= 0.3 is 0 Å². The second kappa shape index (κ2) is 9.42. The van der Waals surface area contributed by atoms with Gasteiger partial charge in [-0.25, -0.2) is 9.07 Å². The third-order valence-corrected chi connectivity index (χ3v) is 5.83. The first-order valence-electron chi connectivity index (χ1n) is 11.2. The Morgan fingerprint density at radius 2 is 1.74 bits per heavy atom. The van der Waals surface area contributed by atoms with Crippen LogP contribution in [0.1, 0.15) is 12.5 Å². The molecule has 0 aliphatic carbocycles. The number of halogens is 1. The van der Waals surface area contributed by atoms with Crippen LogP contribution in [-0.4, -0.2) is 34.2 Å². The van der Waals surface area contributed by atoms with Crippen molar-refractivity contribution >= 4 is 17.5 Å². The van der Waals surface area contributed by atoms with Crippen molar-refractivity contribution in [2.75, 3.05) is 11.4 Å². The predicted molar refractivity (Wildman–Crippen MR) is 130 cm³/mol. The summed E-state index contributed by atoms with van der Waals surface area (Å²) in [5.74, 6) is -0.363. The molecule has 0 fully saturated rings. The monoisotopic (exact) mass is 470 g/mol. The van der Waals surface area contributed by atoms with Gasteiger partial charge in [0.2, 0.25) is 5.91 Å². The van der Waals surface area contributed by atoms with Gasteiger partial charge in [-0.2, -0.15) is 5.10 Å². The quantitative estimate of drug-likeness (QED) is 0.476. The van der Waals surface area contributed by atoms with E-state index in [0.717, 1.165) is 16.8 Å². The molecule has 3 aromatic carbocycles. The summed E-state index contributed by atoms with van der Waals surface area (Å²) in [6.07, 6.45) is 0.986. The number of benzene rings is 3. The Morgan fingerprint density at radius 3 is 2.49 bits per heavy atom. The van der Waals surface area contributed by atoms with Crippen LogP contribution in [0.2, 0.25) is 0 Å². The van der Waals surface area contributed by atoms with Crippen molar-refractivity contribution in [3.63, 3.8) is 0 Å². The molecule has 0 unspecified atom stereocenters. The van der Waals surface area contributed by atoms with Crippen molar-refractivity contribution in [1.29, 1.82) is 0 Å². The molecule has 176 valence electrons. The molecule has 4 aromatic rings. The minimum absolute atomic E-state index is 0.117. The number of ether oxygens (including phenoxy) is 1. The first-order chi connectivity index (χ1) is 17.0. The number of carbonyl (C=O) groups excluding carboxylic acids is 2. The van der Waals surface area contributed by atoms with Gasteiger partial charge in [-0.1, -0.05) is 30.3 Å². The summed E-state index contributed by atoms with van der Waals surface area (Å²) >= 11 is 0. The largest absolute Gasteiger partial charge is 0.477 e. The van der Waals surface area contributed by atoms with Crippen LogP contribution in [0.3, 0.4) is 0 Å². The van der Waals surface area contributed by atoms with Crippen LogP contribution >= 0.6 is 0 Å². The second-order valence-electron chi connectivity index (χ2n) is 8.21. The van der Waals surface area contributed by atoms with Gasteiger partial charge in [0.15, 0.2) is 6.10 Å². The summed E-state index contributed by atoms with van der Waals surface area (Å²) in [7, 11) is 0. The fourth-order valence-corrected chi connectivity index (χ4v) is 4.07. The number of hydrogen-bond acceptors (Lipinski definition) is 4. The molecule has 2 heterocycles. The molecule has 2 amide bonds. The highest BCUT2D eigenvalue weighted by atomic mass is 19.1. The van der Waals surface area contributed by atoms with Crippen molar-refractivity contribution in [3.05, 3.63) is 96.4 Å². The summed E-state index contributed by atoms with van der Waals surface area (Å²) in [5.41, 5.74) is 3.63. The molecule has 0 bridgehead atoms. The molecule has 1 aromatic heterocycles. The highest BCUT2D eigenvalue weighted by molar-refractivity contribution is 5.95. The summed E-state index contributed by atoms with van der Waals surface area (Å²) in [6.45, 7) is 1.76. The number of rotatable bonds is 5. The summed E-state index contributed by atoms with van der Waals surface area (Å²) < 4.78 is 21.1. The maximum Gasteiger partial charge on any atom is 0.263 e. The number of carbonyl (C=O) groups is 2. The Bertz CT molecular complexity index is 1370. The van der Waals surface area contributed by atoms with E-state index in [2.05, 4.69) is 5.32 Å². The normalized spacial score (nSPS) is 14.7. The molecule has 0 saturated carbocycles. The van der Waals surface area contributed by atoms with E-state index >= 15 is 0 Å². The van der Waals surface area contributed by atoms with Gasteiger partial charge in [-0.15, -0.1) is 0 Å². The van der Waals surface area contributed by atoms with E-state index < -0.39 is 6.10 Å². The van der Waals surface area contributed by atoms with Crippen molar-refractivity contribution < 1.29 is 18.7 Å². The van der Waals surface area contributed by atoms with Crippen molar-refractivity contribution in [2.24, 2.45) is 0 Å². The van der Waals surface area contributed by atoms with Gasteiger partial charge in [0, 0.05) is 30.8 Å². The third kappa shape index (κ3) is 4.63. The third-order valence-electron chi connectivity index (χ3n) is 5.83. The van der Waals surface area contributed by atoms with E-state index in [1.54, 1.807) is 39.9 Å². The van der Waals surface area contributed by atoms with Crippen LogP contribution in [0.4, 0.5) is 10.1 Å². The smallest absolute Gasteiger partial charge is 0.263 e. The highest BCUT2D eigenvalue weighted by Gasteiger charge is 2.32. The van der Waals surface area contributed by atoms with Crippen molar-refractivity contribution in [3.8, 4) is 22.7 Å². The molecule has 5 rings (SSSR count). The van der Waals surface area contributed by atoms with E-state index in [-0.39, 0.29) is 30.7 Å². The maximum absolute atomic E-state index is 13.5. The zero-order valence-corrected chi connectivity index (χ0v) is 19.0. The minimum Gasteiger partial charge on any atom is -0.477 e. The number of anilines is 1. The fourth-order valence-electron chi connectivity index (χ4n) is 4.07. The SMILES string of the molecule is CC(=O)N1C[C@@H](C(=O)NCc2cn(-c3ccccc3)nc2-c2ccc(F)cc2)Oc2ccccc21. The number of fused-ring (bicyclic) bond motifs is 1. The van der Waals surface area contributed by atoms with Crippen LogP contribution in [0, 0.1) is 5.82 Å². The average Bonchev–Trinajstić information content (AvgIpc) is 3.31. The minimum atomic E-state index is -0.854. The van der Waals surface area contributed by atoms with Crippen molar-refractivity contribution in [2.45, 2.75) is 19.6 Å². The second-order valence-corrected chi connectivity index (χ2v) is 8.21. The first-order valence-corrected chi connectivity index (χ1v) is 11.2. The standard InChI is InChI=1S/C27H23FN4O3/c1-18(33)31-17-25(35-24-10-6-5-9-23(24)31)27(34)29-15-20-16-32(22-7-3-2-4-8-22)30-26(20)19-11-13-21(28)14-12-19/h2-14,16,25H,15,17H2,1H3,(H,29,34)/t25-/m0/s1. The molecule has 0 saturated heterocycles. The number of nitrogens with zero attached hydrogens (tertiary/aromatic N) is 3. The van der Waals surface area contributed by atoms with Gasteiger partial charge in [0.25, 0.3) is 5.91 Å².